The van der Waals surface area contributed by atoms with E-state index in [2.05, 4.69) is 15.4 Å². The zero-order chi connectivity index (χ0) is 19.4. The van der Waals surface area contributed by atoms with Crippen LogP contribution in [0.2, 0.25) is 0 Å². The average Bonchev–Trinajstić information content (AvgIpc) is 2.69. The fourth-order valence-corrected chi connectivity index (χ4v) is 2.67. The summed E-state index contributed by atoms with van der Waals surface area (Å²) in [4.78, 5) is 29.2. The quantitative estimate of drug-likeness (QED) is 0.649. The van der Waals surface area contributed by atoms with E-state index in [-0.39, 0.29) is 23.5 Å². The van der Waals surface area contributed by atoms with Gasteiger partial charge in [-0.25, -0.2) is 9.07 Å². The summed E-state index contributed by atoms with van der Waals surface area (Å²) >= 11 is 0. The Morgan fingerprint density at radius 1 is 1.26 bits per heavy atom. The van der Waals surface area contributed by atoms with Gasteiger partial charge in [0.1, 0.15) is 23.8 Å². The first kappa shape index (κ1) is 18.4. The number of aliphatic hydroxyl groups is 1. The van der Waals surface area contributed by atoms with E-state index < -0.39 is 23.8 Å². The summed E-state index contributed by atoms with van der Waals surface area (Å²) in [5.41, 5.74) is 0.430. The van der Waals surface area contributed by atoms with Crippen molar-refractivity contribution in [3.05, 3.63) is 70.5 Å². The smallest absolute Gasteiger partial charge is 0.291 e. The van der Waals surface area contributed by atoms with Crippen molar-refractivity contribution in [3.63, 3.8) is 0 Å². The summed E-state index contributed by atoms with van der Waals surface area (Å²) < 4.78 is 14.7. The molecule has 2 N–H and O–H groups in total. The largest absolute Gasteiger partial charge is 0.388 e. The van der Waals surface area contributed by atoms with Crippen molar-refractivity contribution in [1.29, 1.82) is 0 Å². The van der Waals surface area contributed by atoms with E-state index in [9.17, 15) is 19.1 Å². The number of ketones is 1. The molecule has 0 fully saturated rings. The zero-order valence-electron chi connectivity index (χ0n) is 14.5. The lowest BCUT2D eigenvalue weighted by molar-refractivity contribution is 0.0904. The summed E-state index contributed by atoms with van der Waals surface area (Å²) in [7, 11) is 0. The number of anilines is 2. The Bertz CT molecular complexity index is 1030. The molecule has 0 amide bonds. The van der Waals surface area contributed by atoms with E-state index in [1.807, 2.05) is 0 Å². The highest BCUT2D eigenvalue weighted by molar-refractivity contribution is 6.07. The van der Waals surface area contributed by atoms with Crippen LogP contribution in [0.5, 0.6) is 0 Å². The number of halogens is 1. The molecule has 0 bridgehead atoms. The highest BCUT2D eigenvalue weighted by Gasteiger charge is 2.23. The number of benzene rings is 1. The van der Waals surface area contributed by atoms with Gasteiger partial charge in [0.2, 0.25) is 0 Å². The van der Waals surface area contributed by atoms with Crippen LogP contribution in [0.15, 0.2) is 53.6 Å². The Kier molecular flexibility index (Phi) is 5.37. The van der Waals surface area contributed by atoms with Crippen LogP contribution in [-0.4, -0.2) is 32.3 Å². The molecule has 3 rings (SSSR count). The molecule has 0 aliphatic carbocycles. The number of Topliss-reactive ketones (excluding diaryl/α,β-unsaturated/α-hetero) is 1. The number of aromatic nitrogens is 3. The van der Waals surface area contributed by atoms with Crippen LogP contribution in [-0.2, 0) is 6.54 Å². The molecule has 138 valence electrons. The van der Waals surface area contributed by atoms with Gasteiger partial charge in [-0.2, -0.15) is 5.10 Å². The highest BCUT2D eigenvalue weighted by atomic mass is 19.1. The second-order valence-corrected chi connectivity index (χ2v) is 5.67. The van der Waals surface area contributed by atoms with Crippen molar-refractivity contribution < 1.29 is 14.3 Å². The third kappa shape index (κ3) is 3.75. The standard InChI is InChI=1S/C19H17FN4O3/c1-2-24-19(27)18(22-14-5-3-4-13(20)10-14)16(15(26)11-25)17(23-24)12-6-8-21-9-7-12/h3-10,22,25H,2,11H2,1H3. The topological polar surface area (TPSA) is 97.1 Å². The maximum atomic E-state index is 13.5. The molecule has 3 aromatic rings. The first-order valence-electron chi connectivity index (χ1n) is 8.27. The number of pyridine rings is 1. The number of nitrogens with zero attached hydrogens (tertiary/aromatic N) is 3. The van der Waals surface area contributed by atoms with E-state index >= 15 is 0 Å². The van der Waals surface area contributed by atoms with Crippen LogP contribution in [0.1, 0.15) is 17.3 Å². The first-order chi connectivity index (χ1) is 13.0. The lowest BCUT2D eigenvalue weighted by Crippen LogP contribution is -2.29. The Morgan fingerprint density at radius 2 is 2.00 bits per heavy atom. The molecule has 0 saturated carbocycles. The van der Waals surface area contributed by atoms with Crippen LogP contribution in [0.3, 0.4) is 0 Å². The predicted molar refractivity (Wildman–Crippen MR) is 98.5 cm³/mol. The fourth-order valence-electron chi connectivity index (χ4n) is 2.67. The molecule has 7 nitrogen and oxygen atoms in total. The Balaban J connectivity index is 2.29. The minimum absolute atomic E-state index is 0.0531. The predicted octanol–water partition coefficient (Wildman–Crippen LogP) is 2.38. The van der Waals surface area contributed by atoms with Crippen molar-refractivity contribution in [2.75, 3.05) is 11.9 Å². The maximum absolute atomic E-state index is 13.5. The van der Waals surface area contributed by atoms with Crippen molar-refractivity contribution >= 4 is 17.2 Å². The van der Waals surface area contributed by atoms with Gasteiger partial charge in [0, 0.05) is 30.2 Å². The summed E-state index contributed by atoms with van der Waals surface area (Å²) in [5, 5.41) is 16.5. The van der Waals surface area contributed by atoms with E-state index in [1.54, 1.807) is 25.1 Å². The lowest BCUT2D eigenvalue weighted by Gasteiger charge is -2.16. The van der Waals surface area contributed by atoms with Gasteiger partial charge in [-0.05, 0) is 37.3 Å². The number of carbonyl (C=O) groups is 1. The number of nitrogens with one attached hydrogen (secondary N) is 1. The molecular formula is C19H17FN4O3. The molecule has 0 aliphatic rings. The van der Waals surface area contributed by atoms with Gasteiger partial charge in [-0.15, -0.1) is 0 Å². The second kappa shape index (κ2) is 7.88. The van der Waals surface area contributed by atoms with Gasteiger partial charge in [0.25, 0.3) is 5.56 Å². The average molecular weight is 368 g/mol. The van der Waals surface area contributed by atoms with Crippen LogP contribution in [0.4, 0.5) is 15.8 Å². The summed E-state index contributed by atoms with van der Waals surface area (Å²) in [6.07, 6.45) is 3.07. The number of hydrogen-bond acceptors (Lipinski definition) is 6. The van der Waals surface area contributed by atoms with Crippen LogP contribution >= 0.6 is 0 Å². The van der Waals surface area contributed by atoms with Gasteiger partial charge >= 0.3 is 0 Å². The third-order valence-electron chi connectivity index (χ3n) is 3.93. The molecule has 0 saturated heterocycles. The van der Waals surface area contributed by atoms with E-state index in [1.165, 1.54) is 35.3 Å². The minimum atomic E-state index is -0.798. The number of aliphatic hydroxyl groups excluding tert-OH is 1. The number of hydrogen-bond donors (Lipinski definition) is 2. The molecule has 0 atom stereocenters. The summed E-state index contributed by atoms with van der Waals surface area (Å²) in [6, 6.07) is 8.81. The van der Waals surface area contributed by atoms with Crippen molar-refractivity contribution in [2.45, 2.75) is 13.5 Å². The molecular weight excluding hydrogens is 351 g/mol. The summed E-state index contributed by atoms with van der Waals surface area (Å²) in [6.45, 7) is 1.21. The second-order valence-electron chi connectivity index (χ2n) is 5.67. The van der Waals surface area contributed by atoms with Crippen LogP contribution in [0.25, 0.3) is 11.3 Å². The maximum Gasteiger partial charge on any atom is 0.291 e. The Morgan fingerprint density at radius 3 is 2.63 bits per heavy atom. The Hall–Kier alpha value is -3.39. The molecule has 0 unspecified atom stereocenters. The normalized spacial score (nSPS) is 10.6. The van der Waals surface area contributed by atoms with Crippen LogP contribution < -0.4 is 10.9 Å². The van der Waals surface area contributed by atoms with E-state index in [4.69, 9.17) is 0 Å². The van der Waals surface area contributed by atoms with Gasteiger partial charge in [-0.3, -0.25) is 14.6 Å². The van der Waals surface area contributed by atoms with Crippen molar-refractivity contribution in [2.24, 2.45) is 0 Å². The lowest BCUT2D eigenvalue weighted by atomic mass is 10.0. The number of rotatable bonds is 6. The number of aryl methyl sites for hydroxylation is 1. The minimum Gasteiger partial charge on any atom is -0.388 e. The van der Waals surface area contributed by atoms with Crippen molar-refractivity contribution in [3.8, 4) is 11.3 Å². The molecule has 27 heavy (non-hydrogen) atoms. The molecule has 0 aliphatic heterocycles. The highest BCUT2D eigenvalue weighted by Crippen LogP contribution is 2.27. The first-order valence-corrected chi connectivity index (χ1v) is 8.27. The molecule has 0 radical (unpaired) electrons. The molecule has 1 aromatic carbocycles. The third-order valence-corrected chi connectivity index (χ3v) is 3.93. The zero-order valence-corrected chi connectivity index (χ0v) is 14.5. The van der Waals surface area contributed by atoms with Gasteiger partial charge < -0.3 is 10.4 Å². The van der Waals surface area contributed by atoms with Gasteiger partial charge in [0.05, 0.1) is 5.56 Å². The molecule has 2 aromatic heterocycles. The molecule has 0 spiro atoms. The Labute approximate surface area is 154 Å². The van der Waals surface area contributed by atoms with E-state index in [0.29, 0.717) is 11.3 Å². The fraction of sp³-hybridized carbons (Fsp3) is 0.158. The van der Waals surface area contributed by atoms with Crippen LogP contribution in [0, 0.1) is 5.82 Å². The molecule has 8 heteroatoms. The van der Waals surface area contributed by atoms with Gasteiger partial charge in [0.15, 0.2) is 5.78 Å². The summed E-state index contributed by atoms with van der Waals surface area (Å²) in [5.74, 6) is -1.16. The SMILES string of the molecule is CCn1nc(-c2ccncc2)c(C(=O)CO)c(Nc2cccc(F)c2)c1=O. The van der Waals surface area contributed by atoms with E-state index in [0.717, 1.165) is 0 Å². The molecule has 2 heterocycles. The van der Waals surface area contributed by atoms with Crippen molar-refractivity contribution in [1.82, 2.24) is 14.8 Å². The monoisotopic (exact) mass is 368 g/mol. The van der Waals surface area contributed by atoms with Gasteiger partial charge in [-0.1, -0.05) is 6.07 Å². The number of carbonyl (C=O) groups excluding carboxylic acids is 1.